The molecule has 2 aliphatic rings. The lowest BCUT2D eigenvalue weighted by molar-refractivity contribution is -0.166. The summed E-state index contributed by atoms with van der Waals surface area (Å²) < 4.78 is 13.3. The number of phenolic OH excluding ortho intramolecular Hbond substituents is 1. The van der Waals surface area contributed by atoms with E-state index in [1.54, 1.807) is 52.4 Å². The molecule has 0 spiro atoms. The summed E-state index contributed by atoms with van der Waals surface area (Å²) in [6, 6.07) is 11.9. The van der Waals surface area contributed by atoms with E-state index >= 15 is 0 Å². The smallest absolute Gasteiger partial charge is 0.334 e. The van der Waals surface area contributed by atoms with Gasteiger partial charge >= 0.3 is 6.03 Å². The first-order valence-electron chi connectivity index (χ1n) is 13.0. The Morgan fingerprint density at radius 1 is 1.21 bits per heavy atom. The van der Waals surface area contributed by atoms with Gasteiger partial charge in [0.2, 0.25) is 5.91 Å². The number of hydrogen-bond acceptors (Lipinski definition) is 5. The first-order valence-corrected chi connectivity index (χ1v) is 13.0. The molecule has 2 saturated heterocycles. The van der Waals surface area contributed by atoms with Crippen LogP contribution in [0.1, 0.15) is 24.5 Å². The molecule has 9 heteroatoms. The van der Waals surface area contributed by atoms with E-state index in [1.807, 2.05) is 22.9 Å². The zero-order chi connectivity index (χ0) is 27.9. The standard InChI is InChI=1S/C30H34FN5O3/c1-4-6-7-8-17-33-21-28-35(27(29(33)38)18-23-11-15-26(37)16-12-23)22(3)20-34(5-2)36(28)30(39)32-19-24-9-13-25(31)14-10-24/h1,6-7,9-16,27-28,37H,3,5,8,17-21H2,2H3,(H,32,39)/b7-6+/t27-,28-/m0/s1. The second-order valence-corrected chi connectivity index (χ2v) is 9.59. The number of rotatable bonds is 8. The van der Waals surface area contributed by atoms with Crippen LogP contribution in [0.4, 0.5) is 9.18 Å². The highest BCUT2D eigenvalue weighted by molar-refractivity contribution is 5.84. The average Bonchev–Trinajstić information content (AvgIpc) is 2.93. The van der Waals surface area contributed by atoms with E-state index in [1.165, 1.54) is 12.1 Å². The summed E-state index contributed by atoms with van der Waals surface area (Å²) in [6.45, 7) is 8.20. The molecule has 0 aliphatic carbocycles. The molecule has 2 fully saturated rings. The maximum absolute atomic E-state index is 13.8. The number of amides is 3. The predicted molar refractivity (Wildman–Crippen MR) is 147 cm³/mol. The molecular formula is C30H34FN5O3. The van der Waals surface area contributed by atoms with Gasteiger partial charge < -0.3 is 20.2 Å². The molecule has 204 valence electrons. The number of hydrazine groups is 1. The quantitative estimate of drug-likeness (QED) is 0.510. The normalized spacial score (nSPS) is 19.8. The van der Waals surface area contributed by atoms with Gasteiger partial charge in [0.15, 0.2) is 0 Å². The van der Waals surface area contributed by atoms with Crippen molar-refractivity contribution in [1.82, 2.24) is 25.1 Å². The molecule has 0 unspecified atom stereocenters. The highest BCUT2D eigenvalue weighted by Crippen LogP contribution is 2.32. The SMILES string of the molecule is C#C/C=C/CCN1C[C@H]2N(C(=C)CN(CC)N2C(=O)NCc2ccc(F)cc2)[C@@H](Cc2ccc(O)cc2)C1=O. The van der Waals surface area contributed by atoms with Gasteiger partial charge in [-0.3, -0.25) is 4.79 Å². The van der Waals surface area contributed by atoms with Crippen LogP contribution in [0.15, 0.2) is 73.0 Å². The monoisotopic (exact) mass is 531 g/mol. The van der Waals surface area contributed by atoms with E-state index in [0.29, 0.717) is 39.0 Å². The van der Waals surface area contributed by atoms with E-state index in [9.17, 15) is 19.1 Å². The summed E-state index contributed by atoms with van der Waals surface area (Å²) in [6.07, 6.45) is 9.30. The van der Waals surface area contributed by atoms with Crippen molar-refractivity contribution in [3.63, 3.8) is 0 Å². The van der Waals surface area contributed by atoms with Gasteiger partial charge in [0.05, 0.1) is 13.1 Å². The molecule has 0 saturated carbocycles. The molecule has 8 nitrogen and oxygen atoms in total. The van der Waals surface area contributed by atoms with Gasteiger partial charge in [-0.25, -0.2) is 19.2 Å². The van der Waals surface area contributed by atoms with Crippen molar-refractivity contribution in [1.29, 1.82) is 0 Å². The fraction of sp³-hybridized carbons (Fsp3) is 0.333. The minimum atomic E-state index is -0.580. The van der Waals surface area contributed by atoms with Crippen molar-refractivity contribution in [2.45, 2.75) is 38.5 Å². The summed E-state index contributed by atoms with van der Waals surface area (Å²) in [5.41, 5.74) is 2.42. The first-order chi connectivity index (χ1) is 18.8. The molecule has 2 atom stereocenters. The Morgan fingerprint density at radius 3 is 2.56 bits per heavy atom. The van der Waals surface area contributed by atoms with Crippen molar-refractivity contribution < 1.29 is 19.1 Å². The molecule has 2 aliphatic heterocycles. The Labute approximate surface area is 229 Å². The lowest BCUT2D eigenvalue weighted by Crippen LogP contribution is -2.74. The van der Waals surface area contributed by atoms with Crippen molar-refractivity contribution in [2.75, 3.05) is 26.2 Å². The number of allylic oxidation sites excluding steroid dienone is 1. The Bertz CT molecular complexity index is 1250. The molecule has 4 rings (SSSR count). The number of terminal acetylenes is 1. The Kier molecular flexibility index (Phi) is 8.89. The van der Waals surface area contributed by atoms with Gasteiger partial charge in [-0.15, -0.1) is 6.42 Å². The summed E-state index contributed by atoms with van der Waals surface area (Å²) in [5, 5.41) is 16.3. The molecule has 3 amide bonds. The van der Waals surface area contributed by atoms with E-state index in [4.69, 9.17) is 6.42 Å². The molecule has 0 aromatic heterocycles. The van der Waals surface area contributed by atoms with E-state index in [2.05, 4.69) is 17.8 Å². The van der Waals surface area contributed by atoms with Crippen LogP contribution >= 0.6 is 0 Å². The summed E-state index contributed by atoms with van der Waals surface area (Å²) >= 11 is 0. The number of fused-ring (bicyclic) bond motifs is 1. The molecule has 2 aromatic carbocycles. The highest BCUT2D eigenvalue weighted by Gasteiger charge is 2.48. The minimum Gasteiger partial charge on any atom is -0.508 e. The Hall–Kier alpha value is -4.29. The topological polar surface area (TPSA) is 79.4 Å². The zero-order valence-electron chi connectivity index (χ0n) is 22.1. The van der Waals surface area contributed by atoms with Crippen LogP contribution in [0.5, 0.6) is 5.75 Å². The largest absolute Gasteiger partial charge is 0.508 e. The summed E-state index contributed by atoms with van der Waals surface area (Å²) in [7, 11) is 0. The van der Waals surface area contributed by atoms with Crippen LogP contribution in [0.25, 0.3) is 0 Å². The minimum absolute atomic E-state index is 0.0498. The van der Waals surface area contributed by atoms with Gasteiger partial charge in [-0.05, 0) is 47.9 Å². The molecule has 0 bridgehead atoms. The number of nitrogens with zero attached hydrogens (tertiary/aromatic N) is 4. The van der Waals surface area contributed by atoms with Crippen LogP contribution in [0.3, 0.4) is 0 Å². The number of nitrogens with one attached hydrogen (secondary N) is 1. The van der Waals surface area contributed by atoms with Crippen LogP contribution in [-0.4, -0.2) is 75.2 Å². The second kappa shape index (κ2) is 12.5. The number of urea groups is 1. The summed E-state index contributed by atoms with van der Waals surface area (Å²) in [5.74, 6) is 2.23. The third-order valence-electron chi connectivity index (χ3n) is 7.03. The van der Waals surface area contributed by atoms with E-state index < -0.39 is 12.2 Å². The lowest BCUT2D eigenvalue weighted by atomic mass is 9.98. The van der Waals surface area contributed by atoms with Crippen molar-refractivity contribution >= 4 is 11.9 Å². The first kappa shape index (κ1) is 27.7. The van der Waals surface area contributed by atoms with Crippen LogP contribution in [-0.2, 0) is 17.8 Å². The lowest BCUT2D eigenvalue weighted by Gasteiger charge is -2.57. The Morgan fingerprint density at radius 2 is 1.90 bits per heavy atom. The number of hydrogen-bond donors (Lipinski definition) is 2. The summed E-state index contributed by atoms with van der Waals surface area (Å²) in [4.78, 5) is 31.2. The fourth-order valence-electron chi connectivity index (χ4n) is 5.11. The highest BCUT2D eigenvalue weighted by atomic mass is 19.1. The number of carbonyl (C=O) groups excluding carboxylic acids is 2. The zero-order valence-corrected chi connectivity index (χ0v) is 22.1. The predicted octanol–water partition coefficient (Wildman–Crippen LogP) is 3.47. The third kappa shape index (κ3) is 6.41. The third-order valence-corrected chi connectivity index (χ3v) is 7.03. The van der Waals surface area contributed by atoms with Crippen molar-refractivity contribution in [3.8, 4) is 18.1 Å². The van der Waals surface area contributed by atoms with Gasteiger partial charge in [0, 0.05) is 31.8 Å². The van der Waals surface area contributed by atoms with Gasteiger partial charge in [0.25, 0.3) is 0 Å². The molecule has 2 N–H and O–H groups in total. The van der Waals surface area contributed by atoms with E-state index in [-0.39, 0.29) is 30.0 Å². The number of carbonyl (C=O) groups is 2. The molecule has 2 heterocycles. The number of halogens is 1. The number of benzene rings is 2. The number of phenols is 1. The second-order valence-electron chi connectivity index (χ2n) is 9.59. The maximum atomic E-state index is 13.8. The molecular weight excluding hydrogens is 497 g/mol. The molecule has 0 radical (unpaired) electrons. The maximum Gasteiger partial charge on any atom is 0.334 e. The van der Waals surface area contributed by atoms with Crippen LogP contribution in [0, 0.1) is 18.2 Å². The molecule has 2 aromatic rings. The van der Waals surface area contributed by atoms with E-state index in [0.717, 1.165) is 16.8 Å². The number of aromatic hydroxyl groups is 1. The van der Waals surface area contributed by atoms with Crippen LogP contribution < -0.4 is 5.32 Å². The van der Waals surface area contributed by atoms with Gasteiger partial charge in [-0.1, -0.05) is 49.8 Å². The number of likely N-dealkylation sites (N-methyl/N-ethyl adjacent to an activating group) is 1. The van der Waals surface area contributed by atoms with Gasteiger partial charge in [0.1, 0.15) is 23.8 Å². The Balaban J connectivity index is 1.63. The van der Waals surface area contributed by atoms with Gasteiger partial charge in [-0.2, -0.15) is 0 Å². The average molecular weight is 532 g/mol. The fourth-order valence-corrected chi connectivity index (χ4v) is 5.11. The van der Waals surface area contributed by atoms with Crippen LogP contribution in [0.2, 0.25) is 0 Å². The molecule has 39 heavy (non-hydrogen) atoms. The van der Waals surface area contributed by atoms with Crippen molar-refractivity contribution in [3.05, 3.63) is 89.9 Å². The number of piperazine rings is 1. The van der Waals surface area contributed by atoms with Crippen molar-refractivity contribution in [2.24, 2.45) is 0 Å².